The monoisotopic (exact) mass is 236 g/mol. The number of nitrogens with one attached hydrogen (secondary N) is 1. The first-order valence-corrected chi connectivity index (χ1v) is 5.53. The largest absolute Gasteiger partial charge is 0.389 e. The van der Waals surface area contributed by atoms with Crippen molar-refractivity contribution in [1.82, 2.24) is 10.2 Å². The van der Waals surface area contributed by atoms with Crippen molar-refractivity contribution in [2.75, 3.05) is 13.6 Å². The van der Waals surface area contributed by atoms with Gasteiger partial charge in [-0.15, -0.1) is 0 Å². The second kappa shape index (κ2) is 4.83. The highest BCUT2D eigenvalue weighted by atomic mass is 16.3. The van der Waals surface area contributed by atoms with Crippen LogP contribution >= 0.6 is 0 Å². The molecule has 1 fully saturated rings. The van der Waals surface area contributed by atoms with Gasteiger partial charge in [-0.2, -0.15) is 0 Å². The molecule has 5 nitrogen and oxygen atoms in total. The minimum absolute atomic E-state index is 0.184. The molecule has 0 spiro atoms. The molecule has 3 atom stereocenters. The molecule has 1 saturated heterocycles. The first-order chi connectivity index (χ1) is 8.11. The quantitative estimate of drug-likeness (QED) is 0.642. The zero-order valence-corrected chi connectivity index (χ0v) is 9.58. The molecule has 17 heavy (non-hydrogen) atoms. The standard InChI is InChI=1S/C12H16N2O3/c1-14(11-10(16)9(15)7-13-11)12(17)8-5-3-2-4-6-8/h2-6,9-11,13,15-16H,7H2,1H3. The van der Waals surface area contributed by atoms with E-state index < -0.39 is 18.4 Å². The minimum atomic E-state index is -0.951. The predicted octanol–water partition coefficient (Wildman–Crippen LogP) is -0.590. The Balaban J connectivity index is 2.11. The average molecular weight is 236 g/mol. The van der Waals surface area contributed by atoms with Crippen LogP contribution in [0.3, 0.4) is 0 Å². The molecule has 2 rings (SSSR count). The van der Waals surface area contributed by atoms with Crippen LogP contribution in [0, 0.1) is 0 Å². The number of β-amino-alcohol motifs (C(OH)–C–C–N with tert-alkyl or cyclic N) is 1. The van der Waals surface area contributed by atoms with E-state index in [-0.39, 0.29) is 12.5 Å². The molecule has 0 aromatic heterocycles. The number of amides is 1. The second-order valence-electron chi connectivity index (χ2n) is 4.19. The minimum Gasteiger partial charge on any atom is -0.389 e. The van der Waals surface area contributed by atoms with Crippen molar-refractivity contribution in [1.29, 1.82) is 0 Å². The van der Waals surface area contributed by atoms with Gasteiger partial charge in [0.15, 0.2) is 0 Å². The van der Waals surface area contributed by atoms with E-state index in [9.17, 15) is 15.0 Å². The first kappa shape index (κ1) is 12.0. The van der Waals surface area contributed by atoms with E-state index in [1.807, 2.05) is 6.07 Å². The van der Waals surface area contributed by atoms with Gasteiger partial charge in [-0.3, -0.25) is 10.1 Å². The molecule has 0 aliphatic carbocycles. The molecule has 1 aliphatic rings. The first-order valence-electron chi connectivity index (χ1n) is 5.53. The van der Waals surface area contributed by atoms with Gasteiger partial charge in [-0.25, -0.2) is 0 Å². The van der Waals surface area contributed by atoms with Crippen molar-refractivity contribution >= 4 is 5.91 Å². The molecule has 92 valence electrons. The highest BCUT2D eigenvalue weighted by Gasteiger charge is 2.37. The van der Waals surface area contributed by atoms with Crippen LogP contribution in [0.15, 0.2) is 30.3 Å². The van der Waals surface area contributed by atoms with Gasteiger partial charge >= 0.3 is 0 Å². The van der Waals surface area contributed by atoms with Crippen LogP contribution in [0.1, 0.15) is 10.4 Å². The van der Waals surface area contributed by atoms with Crippen molar-refractivity contribution < 1.29 is 15.0 Å². The lowest BCUT2D eigenvalue weighted by Crippen LogP contribution is -2.49. The van der Waals surface area contributed by atoms with Gasteiger partial charge in [0.2, 0.25) is 0 Å². The molecule has 0 saturated carbocycles. The third-order valence-electron chi connectivity index (χ3n) is 3.01. The number of nitrogens with zero attached hydrogens (tertiary/aromatic N) is 1. The zero-order chi connectivity index (χ0) is 12.4. The average Bonchev–Trinajstić information content (AvgIpc) is 2.69. The highest BCUT2D eigenvalue weighted by molar-refractivity contribution is 5.94. The fraction of sp³-hybridized carbons (Fsp3) is 0.417. The van der Waals surface area contributed by atoms with Crippen LogP contribution in [0.5, 0.6) is 0 Å². The van der Waals surface area contributed by atoms with Gasteiger partial charge in [0.1, 0.15) is 12.3 Å². The number of rotatable bonds is 2. The van der Waals surface area contributed by atoms with Crippen LogP contribution in [-0.4, -0.2) is 53.0 Å². The maximum atomic E-state index is 12.1. The fourth-order valence-corrected chi connectivity index (χ4v) is 1.97. The predicted molar refractivity (Wildman–Crippen MR) is 62.3 cm³/mol. The van der Waals surface area contributed by atoms with Crippen molar-refractivity contribution in [3.05, 3.63) is 35.9 Å². The van der Waals surface area contributed by atoms with Gasteiger partial charge in [0.05, 0.1) is 6.10 Å². The van der Waals surface area contributed by atoms with E-state index in [2.05, 4.69) is 5.32 Å². The normalized spacial score (nSPS) is 28.1. The molecule has 1 heterocycles. The Morgan fingerprint density at radius 2 is 2.00 bits per heavy atom. The molecule has 0 radical (unpaired) electrons. The second-order valence-corrected chi connectivity index (χ2v) is 4.19. The summed E-state index contributed by atoms with van der Waals surface area (Å²) >= 11 is 0. The Morgan fingerprint density at radius 3 is 2.53 bits per heavy atom. The Kier molecular flexibility index (Phi) is 3.42. The molecule has 1 aromatic rings. The van der Waals surface area contributed by atoms with Gasteiger partial charge in [0.25, 0.3) is 5.91 Å². The summed E-state index contributed by atoms with van der Waals surface area (Å²) < 4.78 is 0. The summed E-state index contributed by atoms with van der Waals surface area (Å²) in [5.41, 5.74) is 0.561. The van der Waals surface area contributed by atoms with Crippen LogP contribution in [0.4, 0.5) is 0 Å². The van der Waals surface area contributed by atoms with E-state index in [1.54, 1.807) is 31.3 Å². The van der Waals surface area contributed by atoms with E-state index >= 15 is 0 Å². The van der Waals surface area contributed by atoms with E-state index in [1.165, 1.54) is 4.90 Å². The molecule has 3 unspecified atom stereocenters. The van der Waals surface area contributed by atoms with E-state index in [4.69, 9.17) is 0 Å². The molecule has 5 heteroatoms. The van der Waals surface area contributed by atoms with Crippen molar-refractivity contribution in [2.24, 2.45) is 0 Å². The van der Waals surface area contributed by atoms with Gasteiger partial charge in [-0.05, 0) is 12.1 Å². The summed E-state index contributed by atoms with van der Waals surface area (Å²) in [7, 11) is 1.61. The van der Waals surface area contributed by atoms with Gasteiger partial charge < -0.3 is 15.1 Å². The van der Waals surface area contributed by atoms with E-state index in [0.29, 0.717) is 5.56 Å². The van der Waals surface area contributed by atoms with Crippen LogP contribution in [-0.2, 0) is 0 Å². The Hall–Kier alpha value is -1.43. The summed E-state index contributed by atoms with van der Waals surface area (Å²) in [4.78, 5) is 13.5. The van der Waals surface area contributed by atoms with Crippen molar-refractivity contribution in [2.45, 2.75) is 18.4 Å². The summed E-state index contributed by atoms with van der Waals surface area (Å²) in [6, 6.07) is 8.85. The Morgan fingerprint density at radius 1 is 1.35 bits per heavy atom. The number of hydrogen-bond donors (Lipinski definition) is 3. The molecule has 0 bridgehead atoms. The summed E-state index contributed by atoms with van der Waals surface area (Å²) in [5.74, 6) is -0.184. The van der Waals surface area contributed by atoms with Crippen molar-refractivity contribution in [3.8, 4) is 0 Å². The molecule has 3 N–H and O–H groups in total. The number of hydrogen-bond acceptors (Lipinski definition) is 4. The topological polar surface area (TPSA) is 72.8 Å². The fourth-order valence-electron chi connectivity index (χ4n) is 1.97. The van der Waals surface area contributed by atoms with Crippen LogP contribution in [0.25, 0.3) is 0 Å². The molecule has 1 aliphatic heterocycles. The highest BCUT2D eigenvalue weighted by Crippen LogP contribution is 2.13. The molecular weight excluding hydrogens is 220 g/mol. The number of aliphatic hydroxyl groups excluding tert-OH is 2. The summed E-state index contributed by atoms with van der Waals surface area (Å²) in [6.07, 6.45) is -2.32. The van der Waals surface area contributed by atoms with Gasteiger partial charge in [-0.1, -0.05) is 18.2 Å². The molecule has 1 amide bonds. The summed E-state index contributed by atoms with van der Waals surface area (Å²) in [6.45, 7) is 0.290. The number of carbonyl (C=O) groups is 1. The number of aliphatic hydroxyl groups is 2. The van der Waals surface area contributed by atoms with Crippen molar-refractivity contribution in [3.63, 3.8) is 0 Å². The molecular formula is C12H16N2O3. The Labute approximate surface area is 99.7 Å². The van der Waals surface area contributed by atoms with Gasteiger partial charge in [0, 0.05) is 19.2 Å². The lowest BCUT2D eigenvalue weighted by Gasteiger charge is -2.27. The molecule has 1 aromatic carbocycles. The number of likely N-dealkylation sites (N-methyl/N-ethyl adjacent to an activating group) is 1. The lowest BCUT2D eigenvalue weighted by molar-refractivity contribution is 0.00734. The maximum Gasteiger partial charge on any atom is 0.254 e. The maximum absolute atomic E-state index is 12.1. The third kappa shape index (κ3) is 2.31. The SMILES string of the molecule is CN(C(=O)c1ccccc1)C1NCC(O)C1O. The number of benzene rings is 1. The number of carbonyl (C=O) groups excluding carboxylic acids is 1. The van der Waals surface area contributed by atoms with Crippen LogP contribution < -0.4 is 5.32 Å². The summed E-state index contributed by atoms with van der Waals surface area (Å²) in [5, 5.41) is 22.0. The Bertz CT molecular complexity index is 396. The lowest BCUT2D eigenvalue weighted by atomic mass is 10.1. The smallest absolute Gasteiger partial charge is 0.254 e. The van der Waals surface area contributed by atoms with E-state index in [0.717, 1.165) is 0 Å². The van der Waals surface area contributed by atoms with Crippen LogP contribution in [0.2, 0.25) is 0 Å². The third-order valence-corrected chi connectivity index (χ3v) is 3.01. The zero-order valence-electron chi connectivity index (χ0n) is 9.58.